The number of carbonyl (C=O) groups is 1. The highest BCUT2D eigenvalue weighted by molar-refractivity contribution is 7.09. The first-order chi connectivity index (χ1) is 6.09. The van der Waals surface area contributed by atoms with Gasteiger partial charge in [0.2, 0.25) is 0 Å². The summed E-state index contributed by atoms with van der Waals surface area (Å²) in [6.45, 7) is 3.66. The van der Waals surface area contributed by atoms with E-state index in [-0.39, 0.29) is 6.61 Å². The third-order valence-electron chi connectivity index (χ3n) is 1.47. The summed E-state index contributed by atoms with van der Waals surface area (Å²) in [4.78, 5) is 14.5. The van der Waals surface area contributed by atoms with Crippen molar-refractivity contribution in [3.63, 3.8) is 0 Å². The van der Waals surface area contributed by atoms with Crippen LogP contribution in [0.25, 0.3) is 0 Å². The van der Waals surface area contributed by atoms with Gasteiger partial charge >= 0.3 is 5.97 Å². The van der Waals surface area contributed by atoms with E-state index in [0.29, 0.717) is 0 Å². The third-order valence-corrected chi connectivity index (χ3v) is 2.41. The predicted octanol–water partition coefficient (Wildman–Crippen LogP) is 1.44. The molecule has 1 aromatic heterocycles. The Morgan fingerprint density at radius 3 is 3.00 bits per heavy atom. The predicted molar refractivity (Wildman–Crippen MR) is 48.7 cm³/mol. The summed E-state index contributed by atoms with van der Waals surface area (Å²) in [7, 11) is 0. The number of nitrogens with zero attached hydrogens (tertiary/aromatic N) is 1. The monoisotopic (exact) mass is 201 g/mol. The van der Waals surface area contributed by atoms with E-state index in [0.717, 1.165) is 10.7 Å². The molecule has 0 aliphatic heterocycles. The molecule has 1 rings (SSSR count). The molecule has 0 bridgehead atoms. The van der Waals surface area contributed by atoms with Crippen molar-refractivity contribution in [3.8, 4) is 0 Å². The van der Waals surface area contributed by atoms with Crippen molar-refractivity contribution in [2.24, 2.45) is 0 Å². The number of aromatic nitrogens is 1. The Morgan fingerprint density at radius 1 is 1.85 bits per heavy atom. The molecule has 13 heavy (non-hydrogen) atoms. The van der Waals surface area contributed by atoms with Gasteiger partial charge in [-0.25, -0.2) is 9.78 Å². The van der Waals surface area contributed by atoms with E-state index in [1.165, 1.54) is 18.3 Å². The summed E-state index contributed by atoms with van der Waals surface area (Å²) in [6, 6.07) is 0. The summed E-state index contributed by atoms with van der Waals surface area (Å²) >= 11 is 1.47. The molecule has 0 aromatic carbocycles. The number of aryl methyl sites for hydroxylation is 1. The second-order valence-electron chi connectivity index (χ2n) is 2.67. The molecule has 0 saturated heterocycles. The van der Waals surface area contributed by atoms with Gasteiger partial charge < -0.3 is 9.84 Å². The van der Waals surface area contributed by atoms with Crippen LogP contribution in [0.3, 0.4) is 0 Å². The molecule has 1 heterocycles. The fraction of sp³-hybridized carbons (Fsp3) is 0.500. The van der Waals surface area contributed by atoms with Crippen LogP contribution in [0.1, 0.15) is 17.6 Å². The largest absolute Gasteiger partial charge is 0.479 e. The molecule has 0 radical (unpaired) electrons. The van der Waals surface area contributed by atoms with Gasteiger partial charge in [0.25, 0.3) is 0 Å². The van der Waals surface area contributed by atoms with Crippen LogP contribution in [0, 0.1) is 6.92 Å². The maximum Gasteiger partial charge on any atom is 0.332 e. The van der Waals surface area contributed by atoms with E-state index in [2.05, 4.69) is 4.98 Å². The second-order valence-corrected chi connectivity index (χ2v) is 3.62. The number of rotatable bonds is 4. The van der Waals surface area contributed by atoms with Crippen LogP contribution in [0.5, 0.6) is 0 Å². The summed E-state index contributed by atoms with van der Waals surface area (Å²) < 4.78 is 5.05. The summed E-state index contributed by atoms with van der Waals surface area (Å²) in [6.07, 6.45) is -0.774. The summed E-state index contributed by atoms with van der Waals surface area (Å²) in [5.41, 5.74) is 0.937. The molecule has 0 aliphatic carbocycles. The molecular weight excluding hydrogens is 190 g/mol. The minimum atomic E-state index is -0.951. The van der Waals surface area contributed by atoms with Crippen molar-refractivity contribution in [2.75, 3.05) is 0 Å². The average molecular weight is 201 g/mol. The van der Waals surface area contributed by atoms with Gasteiger partial charge in [-0.1, -0.05) is 0 Å². The summed E-state index contributed by atoms with van der Waals surface area (Å²) in [5.74, 6) is -0.951. The van der Waals surface area contributed by atoms with Crippen LogP contribution in [0.2, 0.25) is 0 Å². The molecular formula is C8H11NO3S. The molecule has 0 unspecified atom stereocenters. The van der Waals surface area contributed by atoms with Gasteiger partial charge in [-0.3, -0.25) is 0 Å². The smallest absolute Gasteiger partial charge is 0.332 e. The first-order valence-corrected chi connectivity index (χ1v) is 4.73. The maximum atomic E-state index is 10.4. The number of thiazole rings is 1. The zero-order valence-electron chi connectivity index (χ0n) is 7.48. The van der Waals surface area contributed by atoms with Crippen molar-refractivity contribution in [2.45, 2.75) is 26.6 Å². The van der Waals surface area contributed by atoms with Gasteiger partial charge in [-0.05, 0) is 13.8 Å². The third kappa shape index (κ3) is 3.12. The van der Waals surface area contributed by atoms with Gasteiger partial charge in [0.15, 0.2) is 6.10 Å². The molecule has 0 amide bonds. The Labute approximate surface area is 80.2 Å². The van der Waals surface area contributed by atoms with Crippen molar-refractivity contribution in [3.05, 3.63) is 16.1 Å². The van der Waals surface area contributed by atoms with Crippen LogP contribution in [0.4, 0.5) is 0 Å². The minimum Gasteiger partial charge on any atom is -0.479 e. The Balaban J connectivity index is 2.39. The molecule has 0 aliphatic rings. The topological polar surface area (TPSA) is 59.4 Å². The SMILES string of the molecule is Cc1csc(CO[C@@H](C)C(=O)O)n1. The molecule has 4 nitrogen and oxygen atoms in total. The first kappa shape index (κ1) is 10.1. The number of hydrogen-bond donors (Lipinski definition) is 1. The number of carboxylic acids is 1. The quantitative estimate of drug-likeness (QED) is 0.800. The molecule has 5 heteroatoms. The van der Waals surface area contributed by atoms with E-state index >= 15 is 0 Å². The highest BCUT2D eigenvalue weighted by atomic mass is 32.1. The lowest BCUT2D eigenvalue weighted by molar-refractivity contribution is -0.149. The summed E-state index contributed by atoms with van der Waals surface area (Å²) in [5, 5.41) is 11.2. The van der Waals surface area contributed by atoms with Crippen LogP contribution in [0.15, 0.2) is 5.38 Å². The lowest BCUT2D eigenvalue weighted by Crippen LogP contribution is -2.19. The van der Waals surface area contributed by atoms with Gasteiger partial charge in [-0.2, -0.15) is 0 Å². The zero-order chi connectivity index (χ0) is 9.84. The lowest BCUT2D eigenvalue weighted by Gasteiger charge is -2.05. The molecule has 1 aromatic rings. The van der Waals surface area contributed by atoms with E-state index in [1.807, 2.05) is 12.3 Å². The van der Waals surface area contributed by atoms with Crippen molar-refractivity contribution >= 4 is 17.3 Å². The van der Waals surface area contributed by atoms with E-state index < -0.39 is 12.1 Å². The molecule has 1 atom stereocenters. The fourth-order valence-corrected chi connectivity index (χ4v) is 1.43. The molecule has 1 N–H and O–H groups in total. The first-order valence-electron chi connectivity index (χ1n) is 3.85. The Kier molecular flexibility index (Phi) is 3.39. The lowest BCUT2D eigenvalue weighted by atomic mass is 10.4. The highest BCUT2D eigenvalue weighted by Gasteiger charge is 2.11. The van der Waals surface area contributed by atoms with E-state index in [9.17, 15) is 4.79 Å². The van der Waals surface area contributed by atoms with E-state index in [4.69, 9.17) is 9.84 Å². The Morgan fingerprint density at radius 2 is 2.54 bits per heavy atom. The molecule has 0 spiro atoms. The van der Waals surface area contributed by atoms with Crippen LogP contribution >= 0.6 is 11.3 Å². The maximum absolute atomic E-state index is 10.4. The van der Waals surface area contributed by atoms with Crippen molar-refractivity contribution < 1.29 is 14.6 Å². The number of aliphatic carboxylic acids is 1. The Hall–Kier alpha value is -0.940. The molecule has 0 saturated carbocycles. The zero-order valence-corrected chi connectivity index (χ0v) is 8.30. The number of ether oxygens (including phenoxy) is 1. The van der Waals surface area contributed by atoms with Crippen molar-refractivity contribution in [1.82, 2.24) is 4.98 Å². The highest BCUT2D eigenvalue weighted by Crippen LogP contribution is 2.10. The number of carboxylic acid groups (broad SMARTS) is 1. The average Bonchev–Trinajstić information content (AvgIpc) is 2.47. The van der Waals surface area contributed by atoms with Gasteiger partial charge in [0.1, 0.15) is 5.01 Å². The molecule has 72 valence electrons. The normalized spacial score (nSPS) is 12.8. The van der Waals surface area contributed by atoms with Gasteiger partial charge in [0.05, 0.1) is 6.61 Å². The minimum absolute atomic E-state index is 0.270. The Bertz CT molecular complexity index is 297. The number of hydrogen-bond acceptors (Lipinski definition) is 4. The van der Waals surface area contributed by atoms with E-state index in [1.54, 1.807) is 0 Å². The second kappa shape index (κ2) is 4.34. The van der Waals surface area contributed by atoms with Gasteiger partial charge in [-0.15, -0.1) is 11.3 Å². The van der Waals surface area contributed by atoms with Crippen LogP contribution < -0.4 is 0 Å². The van der Waals surface area contributed by atoms with Crippen LogP contribution in [-0.4, -0.2) is 22.2 Å². The molecule has 0 fully saturated rings. The van der Waals surface area contributed by atoms with Crippen molar-refractivity contribution in [1.29, 1.82) is 0 Å². The van der Waals surface area contributed by atoms with Crippen LogP contribution in [-0.2, 0) is 16.1 Å². The van der Waals surface area contributed by atoms with Gasteiger partial charge in [0, 0.05) is 11.1 Å². The standard InChI is InChI=1S/C8H11NO3S/c1-5-4-13-7(9-5)3-12-6(2)8(10)11/h4,6H,3H2,1-2H3,(H,10,11)/t6-/m0/s1. The fourth-order valence-electron chi connectivity index (χ4n) is 0.737.